The van der Waals surface area contributed by atoms with Gasteiger partial charge in [0.1, 0.15) is 23.4 Å². The maximum atomic E-state index is 13.2. The van der Waals surface area contributed by atoms with E-state index in [2.05, 4.69) is 5.10 Å². The Labute approximate surface area is 168 Å². The first-order valence-corrected chi connectivity index (χ1v) is 9.42. The van der Waals surface area contributed by atoms with Crippen LogP contribution in [0.25, 0.3) is 5.69 Å². The molecule has 0 spiro atoms. The van der Waals surface area contributed by atoms with Crippen molar-refractivity contribution >= 4 is 5.91 Å². The average Bonchev–Trinajstić information content (AvgIpc) is 3.24. The van der Waals surface area contributed by atoms with Crippen LogP contribution in [0.1, 0.15) is 27.7 Å². The number of halogens is 1. The second kappa shape index (κ2) is 8.05. The molecule has 1 aromatic heterocycles. The van der Waals surface area contributed by atoms with Crippen LogP contribution in [-0.2, 0) is 4.74 Å². The van der Waals surface area contributed by atoms with Crippen molar-refractivity contribution in [1.82, 2.24) is 14.7 Å². The van der Waals surface area contributed by atoms with Gasteiger partial charge in [-0.25, -0.2) is 9.07 Å². The molecule has 2 heterocycles. The maximum absolute atomic E-state index is 13.2. The molecule has 0 radical (unpaired) electrons. The maximum Gasteiger partial charge on any atom is 0.274 e. The Kier molecular flexibility index (Phi) is 5.31. The third-order valence-corrected chi connectivity index (χ3v) is 4.98. The van der Waals surface area contributed by atoms with Crippen LogP contribution in [-0.4, -0.2) is 47.4 Å². The Balaban J connectivity index is 1.53. The van der Waals surface area contributed by atoms with Gasteiger partial charge in [0.25, 0.3) is 5.91 Å². The normalized spacial score (nSPS) is 16.7. The number of carbonyl (C=O) groups excluding carboxylic acids is 1. The van der Waals surface area contributed by atoms with Gasteiger partial charge in [0.2, 0.25) is 0 Å². The van der Waals surface area contributed by atoms with E-state index >= 15 is 0 Å². The summed E-state index contributed by atoms with van der Waals surface area (Å²) in [7, 11) is 1.60. The third kappa shape index (κ3) is 4.00. The molecule has 0 bridgehead atoms. The molecule has 1 aliphatic heterocycles. The van der Waals surface area contributed by atoms with Gasteiger partial charge in [0.05, 0.1) is 20.3 Å². The monoisotopic (exact) mass is 395 g/mol. The number of morpholine rings is 1. The van der Waals surface area contributed by atoms with E-state index in [9.17, 15) is 9.18 Å². The first kappa shape index (κ1) is 19.1. The zero-order valence-corrected chi connectivity index (χ0v) is 16.3. The molecule has 1 aliphatic rings. The quantitative estimate of drug-likeness (QED) is 0.678. The largest absolute Gasteiger partial charge is 0.494 e. The van der Waals surface area contributed by atoms with Crippen LogP contribution < -0.4 is 4.74 Å². The van der Waals surface area contributed by atoms with E-state index in [-0.39, 0.29) is 17.8 Å². The molecule has 7 heteroatoms. The minimum absolute atomic E-state index is 0.161. The van der Waals surface area contributed by atoms with Crippen molar-refractivity contribution in [2.45, 2.75) is 13.0 Å². The van der Waals surface area contributed by atoms with Crippen LogP contribution in [0.5, 0.6) is 5.75 Å². The summed E-state index contributed by atoms with van der Waals surface area (Å²) in [5.74, 6) is 0.223. The van der Waals surface area contributed by atoms with Gasteiger partial charge in [-0.1, -0.05) is 18.2 Å². The molecule has 1 atom stereocenters. The van der Waals surface area contributed by atoms with Gasteiger partial charge in [-0.15, -0.1) is 0 Å². The number of nitrogens with zero attached hydrogens (tertiary/aromatic N) is 3. The van der Waals surface area contributed by atoms with Gasteiger partial charge < -0.3 is 14.4 Å². The molecule has 1 fully saturated rings. The van der Waals surface area contributed by atoms with E-state index in [1.54, 1.807) is 41.1 Å². The predicted octanol–water partition coefficient (Wildman–Crippen LogP) is 3.54. The van der Waals surface area contributed by atoms with Gasteiger partial charge >= 0.3 is 0 Å². The SMILES string of the molecule is COc1ccc(C)cc1-n1ccc(C(=O)N2CCOC(c3ccc(F)cc3)C2)n1. The molecule has 29 heavy (non-hydrogen) atoms. The molecule has 1 unspecified atom stereocenters. The van der Waals surface area contributed by atoms with Crippen molar-refractivity contribution in [1.29, 1.82) is 0 Å². The van der Waals surface area contributed by atoms with Crippen LogP contribution >= 0.6 is 0 Å². The summed E-state index contributed by atoms with van der Waals surface area (Å²) in [6.07, 6.45) is 1.47. The summed E-state index contributed by atoms with van der Waals surface area (Å²) >= 11 is 0. The number of aryl methyl sites for hydroxylation is 1. The van der Waals surface area contributed by atoms with Crippen molar-refractivity contribution in [3.8, 4) is 11.4 Å². The van der Waals surface area contributed by atoms with Gasteiger partial charge in [0.15, 0.2) is 5.69 Å². The van der Waals surface area contributed by atoms with Crippen LogP contribution in [0.2, 0.25) is 0 Å². The third-order valence-electron chi connectivity index (χ3n) is 4.98. The Hall–Kier alpha value is -3.19. The highest BCUT2D eigenvalue weighted by molar-refractivity contribution is 5.92. The van der Waals surface area contributed by atoms with Gasteiger partial charge in [0, 0.05) is 12.7 Å². The van der Waals surface area contributed by atoms with Crippen molar-refractivity contribution in [3.05, 3.63) is 77.4 Å². The zero-order valence-electron chi connectivity index (χ0n) is 16.3. The molecule has 1 amide bonds. The lowest BCUT2D eigenvalue weighted by Crippen LogP contribution is -2.42. The van der Waals surface area contributed by atoms with E-state index in [1.807, 2.05) is 25.1 Å². The zero-order chi connectivity index (χ0) is 20.4. The van der Waals surface area contributed by atoms with Crippen molar-refractivity contribution in [2.24, 2.45) is 0 Å². The summed E-state index contributed by atoms with van der Waals surface area (Å²) < 4.78 is 26.0. The van der Waals surface area contributed by atoms with Crippen LogP contribution in [0.15, 0.2) is 54.7 Å². The van der Waals surface area contributed by atoms with Gasteiger partial charge in [-0.05, 0) is 48.4 Å². The lowest BCUT2D eigenvalue weighted by atomic mass is 10.1. The molecule has 150 valence electrons. The first-order valence-electron chi connectivity index (χ1n) is 9.42. The number of ether oxygens (including phenoxy) is 2. The minimum atomic E-state index is -0.297. The highest BCUT2D eigenvalue weighted by Gasteiger charge is 2.27. The van der Waals surface area contributed by atoms with E-state index in [1.165, 1.54) is 12.1 Å². The molecule has 1 saturated heterocycles. The van der Waals surface area contributed by atoms with E-state index < -0.39 is 0 Å². The van der Waals surface area contributed by atoms with Crippen LogP contribution in [0, 0.1) is 12.7 Å². The first-order chi connectivity index (χ1) is 14.0. The number of aromatic nitrogens is 2. The minimum Gasteiger partial charge on any atom is -0.494 e. The second-order valence-electron chi connectivity index (χ2n) is 6.98. The van der Waals surface area contributed by atoms with Crippen molar-refractivity contribution in [3.63, 3.8) is 0 Å². The summed E-state index contributed by atoms with van der Waals surface area (Å²) in [5.41, 5.74) is 3.05. The Morgan fingerprint density at radius 1 is 1.21 bits per heavy atom. The standard InChI is InChI=1S/C22H22FN3O3/c1-15-3-8-20(28-2)19(13-15)26-10-9-18(24-26)22(27)25-11-12-29-21(14-25)16-4-6-17(23)7-5-16/h3-10,13,21H,11-12,14H2,1-2H3. The average molecular weight is 395 g/mol. The Morgan fingerprint density at radius 3 is 2.76 bits per heavy atom. The van der Waals surface area contributed by atoms with Gasteiger partial charge in [-0.3, -0.25) is 4.79 Å². The number of benzene rings is 2. The number of methoxy groups -OCH3 is 1. The number of hydrogen-bond donors (Lipinski definition) is 0. The van der Waals surface area contributed by atoms with E-state index in [0.29, 0.717) is 31.1 Å². The fraction of sp³-hybridized carbons (Fsp3) is 0.273. The summed E-state index contributed by atoms with van der Waals surface area (Å²) in [5, 5.41) is 4.47. The molecule has 2 aromatic carbocycles. The molecule has 4 rings (SSSR count). The molecule has 0 N–H and O–H groups in total. The summed E-state index contributed by atoms with van der Waals surface area (Å²) in [4.78, 5) is 14.7. The summed E-state index contributed by atoms with van der Waals surface area (Å²) in [6.45, 7) is 3.28. The molecule has 0 aliphatic carbocycles. The number of carbonyl (C=O) groups is 1. The lowest BCUT2D eigenvalue weighted by molar-refractivity contribution is -0.0230. The molecular formula is C22H22FN3O3. The van der Waals surface area contributed by atoms with Crippen molar-refractivity contribution < 1.29 is 18.7 Å². The molecular weight excluding hydrogens is 373 g/mol. The molecule has 0 saturated carbocycles. The smallest absolute Gasteiger partial charge is 0.274 e. The van der Waals surface area contributed by atoms with Crippen molar-refractivity contribution in [2.75, 3.05) is 26.8 Å². The predicted molar refractivity (Wildman–Crippen MR) is 106 cm³/mol. The number of amides is 1. The highest BCUT2D eigenvalue weighted by Crippen LogP contribution is 2.25. The fourth-order valence-electron chi connectivity index (χ4n) is 3.43. The number of hydrogen-bond acceptors (Lipinski definition) is 4. The Morgan fingerprint density at radius 2 is 2.00 bits per heavy atom. The number of rotatable bonds is 4. The van der Waals surface area contributed by atoms with Crippen LogP contribution in [0.3, 0.4) is 0 Å². The topological polar surface area (TPSA) is 56.6 Å². The lowest BCUT2D eigenvalue weighted by Gasteiger charge is -2.32. The molecule has 6 nitrogen and oxygen atoms in total. The van der Waals surface area contributed by atoms with E-state index in [4.69, 9.17) is 9.47 Å². The summed E-state index contributed by atoms with van der Waals surface area (Å²) in [6, 6.07) is 13.7. The molecule has 3 aromatic rings. The van der Waals surface area contributed by atoms with E-state index in [0.717, 1.165) is 16.8 Å². The Bertz CT molecular complexity index is 1020. The fourth-order valence-corrected chi connectivity index (χ4v) is 3.43. The highest BCUT2D eigenvalue weighted by atomic mass is 19.1. The van der Waals surface area contributed by atoms with Gasteiger partial charge in [-0.2, -0.15) is 5.10 Å². The van der Waals surface area contributed by atoms with Crippen LogP contribution in [0.4, 0.5) is 4.39 Å². The second-order valence-corrected chi connectivity index (χ2v) is 6.98.